The van der Waals surface area contributed by atoms with Crippen molar-refractivity contribution in [2.75, 3.05) is 7.11 Å². The summed E-state index contributed by atoms with van der Waals surface area (Å²) in [5, 5.41) is 11.8. The summed E-state index contributed by atoms with van der Waals surface area (Å²) in [5.41, 5.74) is 1.11. The standard InChI is InChI=1S/C13H14O2/c1-15-13(14)9-11-7-4-6-10-5-2-3-8-12(10)11/h2-8,13-14H,9H2,1H3. The molecule has 0 aromatic heterocycles. The Labute approximate surface area is 89.1 Å². The van der Waals surface area contributed by atoms with Gasteiger partial charge in [0, 0.05) is 13.5 Å². The summed E-state index contributed by atoms with van der Waals surface area (Å²) in [6.07, 6.45) is -0.200. The zero-order valence-electron chi connectivity index (χ0n) is 8.68. The van der Waals surface area contributed by atoms with Crippen molar-refractivity contribution in [1.29, 1.82) is 0 Å². The molecular weight excluding hydrogens is 188 g/mol. The Morgan fingerprint density at radius 1 is 1.13 bits per heavy atom. The van der Waals surface area contributed by atoms with Gasteiger partial charge in [0.1, 0.15) is 0 Å². The first kappa shape index (κ1) is 10.1. The maximum atomic E-state index is 9.45. The lowest BCUT2D eigenvalue weighted by atomic mass is 10.0. The van der Waals surface area contributed by atoms with Crippen LogP contribution < -0.4 is 0 Å². The SMILES string of the molecule is COC(O)Cc1cccc2ccccc12. The lowest BCUT2D eigenvalue weighted by Gasteiger charge is -2.10. The molecule has 2 nitrogen and oxygen atoms in total. The smallest absolute Gasteiger partial charge is 0.158 e. The number of benzene rings is 2. The van der Waals surface area contributed by atoms with Crippen LogP contribution in [0.4, 0.5) is 0 Å². The summed E-state index contributed by atoms with van der Waals surface area (Å²) in [4.78, 5) is 0. The third kappa shape index (κ3) is 2.17. The van der Waals surface area contributed by atoms with E-state index in [2.05, 4.69) is 18.2 Å². The third-order valence-electron chi connectivity index (χ3n) is 2.55. The minimum Gasteiger partial charge on any atom is -0.368 e. The van der Waals surface area contributed by atoms with Crippen molar-refractivity contribution in [3.05, 3.63) is 48.0 Å². The normalized spacial score (nSPS) is 12.9. The Morgan fingerprint density at radius 3 is 2.67 bits per heavy atom. The first-order chi connectivity index (χ1) is 7.31. The highest BCUT2D eigenvalue weighted by atomic mass is 16.6. The van der Waals surface area contributed by atoms with Crippen LogP contribution in [0.5, 0.6) is 0 Å². The molecule has 0 aliphatic rings. The highest BCUT2D eigenvalue weighted by Crippen LogP contribution is 2.19. The van der Waals surface area contributed by atoms with Crippen LogP contribution in [0.1, 0.15) is 5.56 Å². The number of aliphatic hydroxyl groups is 1. The van der Waals surface area contributed by atoms with Gasteiger partial charge in [0.25, 0.3) is 0 Å². The minimum absolute atomic E-state index is 0.526. The monoisotopic (exact) mass is 202 g/mol. The Bertz CT molecular complexity index is 446. The van der Waals surface area contributed by atoms with E-state index in [9.17, 15) is 5.11 Å². The Balaban J connectivity index is 2.42. The molecule has 78 valence electrons. The number of hydrogen-bond acceptors (Lipinski definition) is 2. The molecular formula is C13H14O2. The molecule has 0 aliphatic heterocycles. The summed E-state index contributed by atoms with van der Waals surface area (Å²) in [5.74, 6) is 0. The van der Waals surface area contributed by atoms with Gasteiger partial charge in [-0.15, -0.1) is 0 Å². The molecule has 2 aromatic carbocycles. The highest BCUT2D eigenvalue weighted by molar-refractivity contribution is 5.85. The summed E-state index contributed by atoms with van der Waals surface area (Å²) in [6.45, 7) is 0. The second-order valence-corrected chi connectivity index (χ2v) is 3.53. The second-order valence-electron chi connectivity index (χ2n) is 3.53. The molecule has 0 saturated heterocycles. The molecule has 0 saturated carbocycles. The lowest BCUT2D eigenvalue weighted by molar-refractivity contribution is -0.0718. The van der Waals surface area contributed by atoms with Gasteiger partial charge in [-0.05, 0) is 16.3 Å². The molecule has 1 unspecified atom stereocenters. The molecule has 0 bridgehead atoms. The molecule has 0 spiro atoms. The van der Waals surface area contributed by atoms with Gasteiger partial charge in [0.15, 0.2) is 6.29 Å². The maximum Gasteiger partial charge on any atom is 0.158 e. The Kier molecular flexibility index (Phi) is 2.99. The number of ether oxygens (including phenoxy) is 1. The first-order valence-corrected chi connectivity index (χ1v) is 4.99. The fourth-order valence-electron chi connectivity index (χ4n) is 1.74. The predicted octanol–water partition coefficient (Wildman–Crippen LogP) is 2.35. The van der Waals surface area contributed by atoms with Crippen LogP contribution in [-0.4, -0.2) is 18.5 Å². The van der Waals surface area contributed by atoms with Crippen LogP contribution in [0.3, 0.4) is 0 Å². The van der Waals surface area contributed by atoms with E-state index in [1.165, 1.54) is 17.9 Å². The zero-order chi connectivity index (χ0) is 10.7. The molecule has 1 atom stereocenters. The summed E-state index contributed by atoms with van der Waals surface area (Å²) < 4.78 is 4.86. The van der Waals surface area contributed by atoms with Crippen LogP contribution in [0, 0.1) is 0 Å². The van der Waals surface area contributed by atoms with E-state index in [-0.39, 0.29) is 0 Å². The van der Waals surface area contributed by atoms with Crippen molar-refractivity contribution in [1.82, 2.24) is 0 Å². The Hall–Kier alpha value is -1.38. The van der Waals surface area contributed by atoms with Crippen molar-refractivity contribution in [3.8, 4) is 0 Å². The van der Waals surface area contributed by atoms with E-state index in [1.807, 2.05) is 24.3 Å². The number of hydrogen-bond donors (Lipinski definition) is 1. The molecule has 2 aromatic rings. The molecule has 2 rings (SSSR count). The van der Waals surface area contributed by atoms with Crippen molar-refractivity contribution < 1.29 is 9.84 Å². The van der Waals surface area contributed by atoms with Crippen LogP contribution in [0.2, 0.25) is 0 Å². The molecule has 0 aliphatic carbocycles. The van der Waals surface area contributed by atoms with E-state index < -0.39 is 6.29 Å². The lowest BCUT2D eigenvalue weighted by Crippen LogP contribution is -2.12. The van der Waals surface area contributed by atoms with E-state index in [4.69, 9.17) is 4.74 Å². The fraction of sp³-hybridized carbons (Fsp3) is 0.231. The second kappa shape index (κ2) is 4.43. The number of aliphatic hydroxyl groups excluding tert-OH is 1. The third-order valence-corrected chi connectivity index (χ3v) is 2.55. The van der Waals surface area contributed by atoms with E-state index >= 15 is 0 Å². The van der Waals surface area contributed by atoms with Gasteiger partial charge in [-0.1, -0.05) is 42.5 Å². The van der Waals surface area contributed by atoms with Crippen molar-refractivity contribution in [2.45, 2.75) is 12.7 Å². The topological polar surface area (TPSA) is 29.5 Å². The fourth-order valence-corrected chi connectivity index (χ4v) is 1.74. The van der Waals surface area contributed by atoms with Crippen molar-refractivity contribution in [2.24, 2.45) is 0 Å². The average molecular weight is 202 g/mol. The van der Waals surface area contributed by atoms with Crippen LogP contribution >= 0.6 is 0 Å². The van der Waals surface area contributed by atoms with Gasteiger partial charge < -0.3 is 9.84 Å². The van der Waals surface area contributed by atoms with Gasteiger partial charge in [0.2, 0.25) is 0 Å². The van der Waals surface area contributed by atoms with Gasteiger partial charge in [-0.25, -0.2) is 0 Å². The van der Waals surface area contributed by atoms with Gasteiger partial charge >= 0.3 is 0 Å². The molecule has 0 heterocycles. The number of methoxy groups -OCH3 is 1. The summed E-state index contributed by atoms with van der Waals surface area (Å²) >= 11 is 0. The van der Waals surface area contributed by atoms with Crippen LogP contribution in [0.15, 0.2) is 42.5 Å². The molecule has 15 heavy (non-hydrogen) atoms. The summed E-state index contributed by atoms with van der Waals surface area (Å²) in [6, 6.07) is 14.2. The highest BCUT2D eigenvalue weighted by Gasteiger charge is 2.06. The van der Waals surface area contributed by atoms with Crippen LogP contribution in [-0.2, 0) is 11.2 Å². The zero-order valence-corrected chi connectivity index (χ0v) is 8.68. The molecule has 0 amide bonds. The minimum atomic E-state index is -0.726. The van der Waals surface area contributed by atoms with Crippen molar-refractivity contribution in [3.63, 3.8) is 0 Å². The number of fused-ring (bicyclic) bond motifs is 1. The van der Waals surface area contributed by atoms with E-state index in [1.54, 1.807) is 0 Å². The van der Waals surface area contributed by atoms with Crippen molar-refractivity contribution >= 4 is 10.8 Å². The van der Waals surface area contributed by atoms with Gasteiger partial charge in [0.05, 0.1) is 0 Å². The summed E-state index contributed by atoms with van der Waals surface area (Å²) in [7, 11) is 1.51. The number of rotatable bonds is 3. The molecule has 2 heteroatoms. The van der Waals surface area contributed by atoms with E-state index in [0.717, 1.165) is 5.56 Å². The van der Waals surface area contributed by atoms with E-state index in [0.29, 0.717) is 6.42 Å². The van der Waals surface area contributed by atoms with Gasteiger partial charge in [-0.2, -0.15) is 0 Å². The van der Waals surface area contributed by atoms with Crippen LogP contribution in [0.25, 0.3) is 10.8 Å². The molecule has 1 N–H and O–H groups in total. The molecule has 0 fully saturated rings. The predicted molar refractivity (Wildman–Crippen MR) is 60.7 cm³/mol. The largest absolute Gasteiger partial charge is 0.368 e. The quantitative estimate of drug-likeness (QED) is 0.774. The maximum absolute atomic E-state index is 9.45. The van der Waals surface area contributed by atoms with Gasteiger partial charge in [-0.3, -0.25) is 0 Å². The average Bonchev–Trinajstić information content (AvgIpc) is 2.29. The molecule has 0 radical (unpaired) electrons. The first-order valence-electron chi connectivity index (χ1n) is 4.99. The Morgan fingerprint density at radius 2 is 1.87 bits per heavy atom.